The zero-order valence-corrected chi connectivity index (χ0v) is 20.5. The first-order valence-electron chi connectivity index (χ1n) is 11.1. The van der Waals surface area contributed by atoms with Gasteiger partial charge in [0.15, 0.2) is 0 Å². The van der Waals surface area contributed by atoms with Gasteiger partial charge in [-0.25, -0.2) is 14.0 Å². The van der Waals surface area contributed by atoms with E-state index in [0.717, 1.165) is 0 Å². The highest BCUT2D eigenvalue weighted by Crippen LogP contribution is 2.14. The Morgan fingerprint density at radius 3 is 2.09 bits per heavy atom. The van der Waals surface area contributed by atoms with Gasteiger partial charge >= 0.3 is 11.9 Å². The molecule has 2 rings (SSSR count). The first-order valence-corrected chi connectivity index (χ1v) is 11.1. The molecule has 188 valence electrons. The lowest BCUT2D eigenvalue weighted by atomic mass is 10.0. The van der Waals surface area contributed by atoms with E-state index in [4.69, 9.17) is 9.47 Å². The van der Waals surface area contributed by atoms with Gasteiger partial charge in [-0.15, -0.1) is 0 Å². The second kappa shape index (κ2) is 12.1. The van der Waals surface area contributed by atoms with E-state index in [1.54, 1.807) is 51.1 Å². The van der Waals surface area contributed by atoms with Crippen molar-refractivity contribution in [1.82, 2.24) is 10.6 Å². The maximum absolute atomic E-state index is 13.6. The summed E-state index contributed by atoms with van der Waals surface area (Å²) in [5.41, 5.74) is 0.884. The van der Waals surface area contributed by atoms with Gasteiger partial charge in [0.2, 0.25) is 11.8 Å². The van der Waals surface area contributed by atoms with Gasteiger partial charge in [0.25, 0.3) is 0 Å². The molecular weight excluding hydrogens is 455 g/mol. The Balaban J connectivity index is 2.15. The third-order valence-electron chi connectivity index (χ3n) is 4.85. The zero-order chi connectivity index (χ0) is 26.2. The van der Waals surface area contributed by atoms with Crippen molar-refractivity contribution in [3.63, 3.8) is 0 Å². The van der Waals surface area contributed by atoms with Crippen LogP contribution < -0.4 is 10.6 Å². The van der Waals surface area contributed by atoms with E-state index in [9.17, 15) is 23.6 Å². The van der Waals surface area contributed by atoms with Gasteiger partial charge in [-0.1, -0.05) is 24.3 Å². The molecule has 2 atom stereocenters. The fraction of sp³-hybridized carbons (Fsp3) is 0.385. The summed E-state index contributed by atoms with van der Waals surface area (Å²) >= 11 is 0. The topological polar surface area (TPSA) is 111 Å². The van der Waals surface area contributed by atoms with Crippen molar-refractivity contribution >= 4 is 23.8 Å². The highest BCUT2D eigenvalue weighted by Gasteiger charge is 2.27. The van der Waals surface area contributed by atoms with Gasteiger partial charge in [0.1, 0.15) is 23.5 Å². The van der Waals surface area contributed by atoms with Crippen LogP contribution >= 0.6 is 0 Å². The third-order valence-corrected chi connectivity index (χ3v) is 4.85. The fourth-order valence-corrected chi connectivity index (χ4v) is 3.31. The first-order chi connectivity index (χ1) is 16.4. The Morgan fingerprint density at radius 1 is 0.914 bits per heavy atom. The summed E-state index contributed by atoms with van der Waals surface area (Å²) in [6.45, 7) is 6.57. The molecule has 0 aliphatic heterocycles. The first kappa shape index (κ1) is 27.5. The molecule has 0 saturated heterocycles. The van der Waals surface area contributed by atoms with Crippen molar-refractivity contribution < 1.29 is 33.0 Å². The molecule has 0 aliphatic rings. The largest absolute Gasteiger partial charge is 0.467 e. The summed E-state index contributed by atoms with van der Waals surface area (Å²) in [4.78, 5) is 49.2. The SMILES string of the molecule is COC(=O)[C@H](Cc1ccc(C(=O)OC(C)(C)C)cc1)NC(=O)[C@@H](Cc1cccc(F)c1)NC(C)=O. The minimum absolute atomic E-state index is 0.0294. The number of halogens is 1. The lowest BCUT2D eigenvalue weighted by Gasteiger charge is -2.22. The number of hydrogen-bond acceptors (Lipinski definition) is 6. The zero-order valence-electron chi connectivity index (χ0n) is 20.5. The summed E-state index contributed by atoms with van der Waals surface area (Å²) in [5, 5.41) is 5.15. The van der Waals surface area contributed by atoms with Crippen LogP contribution in [-0.2, 0) is 36.7 Å². The van der Waals surface area contributed by atoms with Gasteiger partial charge in [-0.3, -0.25) is 9.59 Å². The molecule has 0 radical (unpaired) electrons. The van der Waals surface area contributed by atoms with E-state index in [-0.39, 0.29) is 12.8 Å². The number of methoxy groups -OCH3 is 1. The molecule has 0 saturated carbocycles. The van der Waals surface area contributed by atoms with Crippen molar-refractivity contribution in [3.05, 3.63) is 71.0 Å². The van der Waals surface area contributed by atoms with E-state index >= 15 is 0 Å². The smallest absolute Gasteiger partial charge is 0.338 e. The average molecular weight is 487 g/mol. The highest BCUT2D eigenvalue weighted by molar-refractivity contribution is 5.91. The lowest BCUT2D eigenvalue weighted by molar-refractivity contribution is -0.145. The van der Waals surface area contributed by atoms with Crippen molar-refractivity contribution in [1.29, 1.82) is 0 Å². The van der Waals surface area contributed by atoms with E-state index in [2.05, 4.69) is 10.6 Å². The number of benzene rings is 2. The van der Waals surface area contributed by atoms with Gasteiger partial charge < -0.3 is 20.1 Å². The van der Waals surface area contributed by atoms with Crippen LogP contribution in [0, 0.1) is 5.82 Å². The van der Waals surface area contributed by atoms with Crippen molar-refractivity contribution in [2.24, 2.45) is 0 Å². The number of carbonyl (C=O) groups is 4. The third kappa shape index (κ3) is 9.19. The summed E-state index contributed by atoms with van der Waals surface area (Å²) in [5.74, 6) is -2.69. The van der Waals surface area contributed by atoms with Crippen LogP contribution in [0.3, 0.4) is 0 Å². The Hall–Kier alpha value is -3.75. The Kier molecular flexibility index (Phi) is 9.50. The van der Waals surface area contributed by atoms with Gasteiger partial charge in [0, 0.05) is 19.8 Å². The molecule has 2 amide bonds. The Labute approximate surface area is 204 Å². The van der Waals surface area contributed by atoms with E-state index < -0.39 is 47.3 Å². The summed E-state index contributed by atoms with van der Waals surface area (Å²) in [6, 6.07) is 10.1. The number of esters is 2. The number of amides is 2. The molecular formula is C26H31FN2O6. The molecule has 0 heterocycles. The minimum atomic E-state index is -1.05. The number of rotatable bonds is 9. The monoisotopic (exact) mass is 486 g/mol. The van der Waals surface area contributed by atoms with Gasteiger partial charge in [-0.05, 0) is 56.2 Å². The second-order valence-corrected chi connectivity index (χ2v) is 9.07. The summed E-state index contributed by atoms with van der Waals surface area (Å²) in [7, 11) is 1.20. The maximum atomic E-state index is 13.6. The Morgan fingerprint density at radius 2 is 1.54 bits per heavy atom. The summed E-state index contributed by atoms with van der Waals surface area (Å²) in [6.07, 6.45) is 0.113. The molecule has 2 aromatic rings. The normalized spacial score (nSPS) is 12.7. The van der Waals surface area contributed by atoms with E-state index in [1.165, 1.54) is 32.2 Å². The van der Waals surface area contributed by atoms with Crippen LogP contribution in [0.5, 0.6) is 0 Å². The number of ether oxygens (including phenoxy) is 2. The van der Waals surface area contributed by atoms with Gasteiger partial charge in [0.05, 0.1) is 12.7 Å². The molecule has 2 aromatic carbocycles. The van der Waals surface area contributed by atoms with Crippen LogP contribution in [0.2, 0.25) is 0 Å². The molecule has 0 unspecified atom stereocenters. The highest BCUT2D eigenvalue weighted by atomic mass is 19.1. The van der Waals surface area contributed by atoms with Crippen LogP contribution in [0.4, 0.5) is 4.39 Å². The average Bonchev–Trinajstić information content (AvgIpc) is 2.76. The van der Waals surface area contributed by atoms with Crippen molar-refractivity contribution in [3.8, 4) is 0 Å². The standard InChI is InChI=1S/C26H31FN2O6/c1-16(30)28-21(15-18-7-6-8-20(27)13-18)23(31)29-22(25(33)34-5)14-17-9-11-19(12-10-17)24(32)35-26(2,3)4/h6-13,21-22H,14-15H2,1-5H3,(H,28,30)(H,29,31)/t21-,22+/m1/s1. The fourth-order valence-electron chi connectivity index (χ4n) is 3.31. The quantitative estimate of drug-likeness (QED) is 0.528. The molecule has 9 heteroatoms. The predicted molar refractivity (Wildman–Crippen MR) is 127 cm³/mol. The van der Waals surface area contributed by atoms with Gasteiger partial charge in [-0.2, -0.15) is 0 Å². The van der Waals surface area contributed by atoms with Crippen LogP contribution in [0.25, 0.3) is 0 Å². The molecule has 0 aromatic heterocycles. The lowest BCUT2D eigenvalue weighted by Crippen LogP contribution is -2.53. The summed E-state index contributed by atoms with van der Waals surface area (Å²) < 4.78 is 23.7. The minimum Gasteiger partial charge on any atom is -0.467 e. The van der Waals surface area contributed by atoms with Crippen molar-refractivity contribution in [2.45, 2.75) is 58.2 Å². The molecule has 0 aliphatic carbocycles. The van der Waals surface area contributed by atoms with Crippen LogP contribution in [0.1, 0.15) is 49.2 Å². The molecule has 35 heavy (non-hydrogen) atoms. The van der Waals surface area contributed by atoms with E-state index in [1.807, 2.05) is 0 Å². The number of hydrogen-bond donors (Lipinski definition) is 2. The predicted octanol–water partition coefficient (Wildman–Crippen LogP) is 2.73. The van der Waals surface area contributed by atoms with E-state index in [0.29, 0.717) is 16.7 Å². The van der Waals surface area contributed by atoms with Crippen LogP contribution in [-0.4, -0.2) is 48.5 Å². The number of carbonyl (C=O) groups excluding carboxylic acids is 4. The second-order valence-electron chi connectivity index (χ2n) is 9.07. The van der Waals surface area contributed by atoms with Crippen LogP contribution in [0.15, 0.2) is 48.5 Å². The Bertz CT molecular complexity index is 1060. The van der Waals surface area contributed by atoms with Crippen molar-refractivity contribution in [2.75, 3.05) is 7.11 Å². The molecule has 2 N–H and O–H groups in total. The number of nitrogens with one attached hydrogen (secondary N) is 2. The molecule has 0 fully saturated rings. The molecule has 8 nitrogen and oxygen atoms in total. The molecule has 0 spiro atoms. The maximum Gasteiger partial charge on any atom is 0.338 e. The molecule has 0 bridgehead atoms.